The van der Waals surface area contributed by atoms with Crippen LogP contribution >= 0.6 is 0 Å². The van der Waals surface area contributed by atoms with Crippen molar-refractivity contribution in [3.8, 4) is 0 Å². The monoisotopic (exact) mass is 133 g/mol. The third-order valence-electron chi connectivity index (χ3n) is 2.54. The van der Waals surface area contributed by atoms with Crippen LogP contribution in [0.1, 0.15) is 36.9 Å². The number of nitrogens with zero attached hydrogens (tertiary/aromatic N) is 1. The van der Waals surface area contributed by atoms with Crippen LogP contribution < -0.4 is 0 Å². The van der Waals surface area contributed by atoms with Crippen LogP contribution in [0.4, 0.5) is 0 Å². The third kappa shape index (κ3) is 0.551. The molecule has 0 aromatic carbocycles. The van der Waals surface area contributed by atoms with Gasteiger partial charge in [-0.15, -0.1) is 0 Å². The van der Waals surface area contributed by atoms with Crippen molar-refractivity contribution in [2.24, 2.45) is 0 Å². The molecule has 1 aliphatic carbocycles. The Morgan fingerprint density at radius 2 is 2.10 bits per heavy atom. The van der Waals surface area contributed by atoms with Gasteiger partial charge in [0.25, 0.3) is 0 Å². The van der Waals surface area contributed by atoms with Gasteiger partial charge in [-0.25, -0.2) is 0 Å². The Hall–Kier alpha value is -0.850. The molecule has 0 saturated heterocycles. The minimum Gasteiger partial charge on any atom is -0.261 e. The zero-order valence-electron chi connectivity index (χ0n) is 6.33. The van der Waals surface area contributed by atoms with E-state index in [2.05, 4.69) is 24.9 Å². The van der Waals surface area contributed by atoms with E-state index in [4.69, 9.17) is 0 Å². The molecule has 1 heteroatoms. The molecule has 10 heavy (non-hydrogen) atoms. The molecular weight excluding hydrogens is 122 g/mol. The number of rotatable bonds is 0. The van der Waals surface area contributed by atoms with Crippen LogP contribution in [0, 0.1) is 0 Å². The van der Waals surface area contributed by atoms with Crippen LogP contribution in [-0.2, 0) is 0 Å². The molecule has 1 aliphatic rings. The highest BCUT2D eigenvalue weighted by atomic mass is 14.7. The Morgan fingerprint density at radius 3 is 2.80 bits per heavy atom. The molecule has 2 rings (SSSR count). The van der Waals surface area contributed by atoms with Crippen LogP contribution in [-0.4, -0.2) is 4.98 Å². The van der Waals surface area contributed by atoms with Crippen LogP contribution in [0.5, 0.6) is 0 Å². The van der Waals surface area contributed by atoms with Gasteiger partial charge in [-0.05, 0) is 17.5 Å². The van der Waals surface area contributed by atoms with E-state index < -0.39 is 0 Å². The highest BCUT2D eigenvalue weighted by Crippen LogP contribution is 2.43. The molecule has 0 bridgehead atoms. The van der Waals surface area contributed by atoms with Gasteiger partial charge in [-0.2, -0.15) is 0 Å². The van der Waals surface area contributed by atoms with Crippen molar-refractivity contribution < 1.29 is 0 Å². The summed E-state index contributed by atoms with van der Waals surface area (Å²) in [6.45, 7) is 4.49. The third-order valence-corrected chi connectivity index (χ3v) is 2.54. The standard InChI is InChI=1S/C9H11N/c1-6-7(2)9-8(6)4-3-5-10-9/h3-7H,1-2H3/t6-,7?/m1/s1. The van der Waals surface area contributed by atoms with Gasteiger partial charge in [-0.1, -0.05) is 19.9 Å². The summed E-state index contributed by atoms with van der Waals surface area (Å²) in [5.41, 5.74) is 2.74. The number of pyridine rings is 1. The highest BCUT2D eigenvalue weighted by Gasteiger charge is 2.30. The van der Waals surface area contributed by atoms with Gasteiger partial charge in [0.15, 0.2) is 0 Å². The summed E-state index contributed by atoms with van der Waals surface area (Å²) in [6, 6.07) is 4.19. The molecule has 0 N–H and O–H groups in total. The van der Waals surface area contributed by atoms with Gasteiger partial charge >= 0.3 is 0 Å². The van der Waals surface area contributed by atoms with E-state index >= 15 is 0 Å². The van der Waals surface area contributed by atoms with Crippen LogP contribution in [0.3, 0.4) is 0 Å². The van der Waals surface area contributed by atoms with E-state index in [1.807, 2.05) is 12.3 Å². The van der Waals surface area contributed by atoms with Crippen molar-refractivity contribution in [2.45, 2.75) is 25.7 Å². The molecule has 0 amide bonds. The molecule has 1 aromatic rings. The first-order valence-electron chi connectivity index (χ1n) is 3.75. The Morgan fingerprint density at radius 1 is 1.30 bits per heavy atom. The van der Waals surface area contributed by atoms with Gasteiger partial charge in [-0.3, -0.25) is 4.98 Å². The molecule has 1 aromatic heterocycles. The predicted molar refractivity (Wildman–Crippen MR) is 41.1 cm³/mol. The van der Waals surface area contributed by atoms with Crippen LogP contribution in [0.25, 0.3) is 0 Å². The topological polar surface area (TPSA) is 12.9 Å². The maximum absolute atomic E-state index is 4.30. The zero-order valence-corrected chi connectivity index (χ0v) is 6.33. The minimum absolute atomic E-state index is 0.677. The molecule has 0 fully saturated rings. The summed E-state index contributed by atoms with van der Waals surface area (Å²) in [5, 5.41) is 0. The summed E-state index contributed by atoms with van der Waals surface area (Å²) in [4.78, 5) is 4.30. The minimum atomic E-state index is 0.677. The van der Waals surface area contributed by atoms with Crippen molar-refractivity contribution in [2.75, 3.05) is 0 Å². The molecule has 0 aliphatic heterocycles. The van der Waals surface area contributed by atoms with E-state index in [9.17, 15) is 0 Å². The second kappa shape index (κ2) is 1.82. The quantitative estimate of drug-likeness (QED) is 0.529. The number of aromatic nitrogens is 1. The van der Waals surface area contributed by atoms with Crippen molar-refractivity contribution in [3.63, 3.8) is 0 Å². The average molecular weight is 133 g/mol. The fraction of sp³-hybridized carbons (Fsp3) is 0.444. The Labute approximate surface area is 61.1 Å². The molecule has 2 atom stereocenters. The lowest BCUT2D eigenvalue weighted by Crippen LogP contribution is -2.20. The van der Waals surface area contributed by atoms with Crippen molar-refractivity contribution in [1.29, 1.82) is 0 Å². The predicted octanol–water partition coefficient (Wildman–Crippen LogP) is 2.30. The largest absolute Gasteiger partial charge is 0.261 e. The second-order valence-electron chi connectivity index (χ2n) is 3.06. The maximum Gasteiger partial charge on any atom is 0.0472 e. The Kier molecular flexibility index (Phi) is 1.07. The van der Waals surface area contributed by atoms with Gasteiger partial charge in [0.2, 0.25) is 0 Å². The van der Waals surface area contributed by atoms with E-state index in [0.29, 0.717) is 5.92 Å². The molecule has 0 saturated carbocycles. The van der Waals surface area contributed by atoms with E-state index in [0.717, 1.165) is 5.92 Å². The second-order valence-corrected chi connectivity index (χ2v) is 3.06. The molecule has 1 heterocycles. The first-order valence-corrected chi connectivity index (χ1v) is 3.75. The fourth-order valence-corrected chi connectivity index (χ4v) is 1.61. The van der Waals surface area contributed by atoms with Crippen molar-refractivity contribution >= 4 is 0 Å². The lowest BCUT2D eigenvalue weighted by atomic mass is 9.73. The lowest BCUT2D eigenvalue weighted by Gasteiger charge is -2.32. The van der Waals surface area contributed by atoms with E-state index in [1.54, 1.807) is 0 Å². The maximum atomic E-state index is 4.30. The first kappa shape index (κ1) is 5.90. The van der Waals surface area contributed by atoms with Crippen molar-refractivity contribution in [3.05, 3.63) is 29.6 Å². The Bertz CT molecular complexity index is 228. The van der Waals surface area contributed by atoms with E-state index in [1.165, 1.54) is 11.3 Å². The normalized spacial score (nSPS) is 29.0. The summed E-state index contributed by atoms with van der Waals surface area (Å²) in [6.07, 6.45) is 1.88. The van der Waals surface area contributed by atoms with Crippen molar-refractivity contribution in [1.82, 2.24) is 4.98 Å². The fourth-order valence-electron chi connectivity index (χ4n) is 1.61. The van der Waals surface area contributed by atoms with Gasteiger partial charge in [0.05, 0.1) is 0 Å². The Balaban J connectivity index is 2.50. The summed E-state index contributed by atoms with van der Waals surface area (Å²) >= 11 is 0. The first-order chi connectivity index (χ1) is 4.80. The number of hydrogen-bond donors (Lipinski definition) is 0. The van der Waals surface area contributed by atoms with Gasteiger partial charge in [0.1, 0.15) is 0 Å². The summed E-state index contributed by atoms with van der Waals surface area (Å²) in [5.74, 6) is 1.40. The SMILES string of the molecule is CC1c2ncccc2[C@@H]1C. The molecular formula is C9H11N. The molecule has 0 spiro atoms. The molecule has 1 unspecified atom stereocenters. The number of fused-ring (bicyclic) bond motifs is 1. The average Bonchev–Trinajstić information content (AvgIpc) is 2.03. The molecule has 52 valence electrons. The molecule has 0 radical (unpaired) electrons. The van der Waals surface area contributed by atoms with Gasteiger partial charge in [0, 0.05) is 17.8 Å². The zero-order chi connectivity index (χ0) is 7.14. The van der Waals surface area contributed by atoms with Gasteiger partial charge < -0.3 is 0 Å². The molecule has 1 nitrogen and oxygen atoms in total. The summed E-state index contributed by atoms with van der Waals surface area (Å²) < 4.78 is 0. The number of hydrogen-bond acceptors (Lipinski definition) is 1. The lowest BCUT2D eigenvalue weighted by molar-refractivity contribution is 0.521. The smallest absolute Gasteiger partial charge is 0.0472 e. The summed E-state index contributed by atoms with van der Waals surface area (Å²) in [7, 11) is 0. The van der Waals surface area contributed by atoms with Crippen LogP contribution in [0.2, 0.25) is 0 Å². The van der Waals surface area contributed by atoms with E-state index in [-0.39, 0.29) is 0 Å². The highest BCUT2D eigenvalue weighted by molar-refractivity contribution is 5.38. The van der Waals surface area contributed by atoms with Crippen LogP contribution in [0.15, 0.2) is 18.3 Å².